The Bertz CT molecular complexity index is 1170. The van der Waals surface area contributed by atoms with Crippen molar-refractivity contribution in [3.05, 3.63) is 78.6 Å². The number of aromatic nitrogens is 2. The van der Waals surface area contributed by atoms with E-state index in [0.717, 1.165) is 39.3 Å². The van der Waals surface area contributed by atoms with Crippen molar-refractivity contribution in [2.45, 2.75) is 25.6 Å². The standard InChI is InChI=1S/C25H24N2O3/c1-17(2)30-22-10-5-19(6-11-22)23-13-26-24-12-7-20(14-27(23)24)18-3-8-21(9-4-18)25(28)15-29-16-25/h3-14,17,28H,15-16H2,1-2H3. The van der Waals surface area contributed by atoms with Crippen LogP contribution in [0.5, 0.6) is 5.75 Å². The summed E-state index contributed by atoms with van der Waals surface area (Å²) in [7, 11) is 0. The largest absolute Gasteiger partial charge is 0.491 e. The predicted molar refractivity (Wildman–Crippen MR) is 117 cm³/mol. The summed E-state index contributed by atoms with van der Waals surface area (Å²) >= 11 is 0. The Morgan fingerprint density at radius 3 is 2.23 bits per heavy atom. The molecule has 2 aromatic carbocycles. The van der Waals surface area contributed by atoms with Gasteiger partial charge in [0.1, 0.15) is 17.0 Å². The lowest BCUT2D eigenvalue weighted by atomic mass is 9.91. The average Bonchev–Trinajstić information content (AvgIpc) is 3.15. The van der Waals surface area contributed by atoms with Crippen LogP contribution in [0.15, 0.2) is 73.1 Å². The molecule has 1 aliphatic heterocycles. The van der Waals surface area contributed by atoms with Gasteiger partial charge in [-0.2, -0.15) is 0 Å². The first kappa shape index (κ1) is 18.9. The molecule has 5 heteroatoms. The van der Waals surface area contributed by atoms with Gasteiger partial charge >= 0.3 is 0 Å². The average molecular weight is 400 g/mol. The summed E-state index contributed by atoms with van der Waals surface area (Å²) in [5, 5.41) is 10.4. The number of benzene rings is 2. The Balaban J connectivity index is 1.47. The number of hydrogen-bond donors (Lipinski definition) is 1. The van der Waals surface area contributed by atoms with Crippen molar-refractivity contribution in [3.8, 4) is 28.1 Å². The Hall–Kier alpha value is -3.15. The van der Waals surface area contributed by atoms with E-state index in [0.29, 0.717) is 13.2 Å². The lowest BCUT2D eigenvalue weighted by molar-refractivity contribution is -0.184. The van der Waals surface area contributed by atoms with Crippen LogP contribution in [0.3, 0.4) is 0 Å². The Labute approximate surface area is 175 Å². The molecule has 3 heterocycles. The molecule has 1 saturated heterocycles. The third kappa shape index (κ3) is 3.36. The number of fused-ring (bicyclic) bond motifs is 1. The van der Waals surface area contributed by atoms with E-state index in [1.807, 2.05) is 62.5 Å². The van der Waals surface area contributed by atoms with Gasteiger partial charge < -0.3 is 14.6 Å². The van der Waals surface area contributed by atoms with Gasteiger partial charge in [-0.15, -0.1) is 0 Å². The maximum absolute atomic E-state index is 10.4. The zero-order chi connectivity index (χ0) is 20.7. The number of ether oxygens (including phenoxy) is 2. The molecule has 2 aromatic heterocycles. The van der Waals surface area contributed by atoms with Crippen LogP contribution in [0.2, 0.25) is 0 Å². The van der Waals surface area contributed by atoms with Crippen LogP contribution < -0.4 is 4.74 Å². The van der Waals surface area contributed by atoms with Gasteiger partial charge in [-0.3, -0.25) is 4.40 Å². The SMILES string of the molecule is CC(C)Oc1ccc(-c2cnc3ccc(-c4ccc(C5(O)COC5)cc4)cn23)cc1. The fourth-order valence-electron chi connectivity index (χ4n) is 3.78. The van der Waals surface area contributed by atoms with Crippen LogP contribution in [-0.2, 0) is 10.3 Å². The third-order valence-corrected chi connectivity index (χ3v) is 5.46. The topological polar surface area (TPSA) is 56.0 Å². The summed E-state index contributed by atoms with van der Waals surface area (Å²) in [6.45, 7) is 4.76. The minimum Gasteiger partial charge on any atom is -0.491 e. The molecule has 0 radical (unpaired) electrons. The summed E-state index contributed by atoms with van der Waals surface area (Å²) in [6, 6.07) is 20.2. The normalized spacial score (nSPS) is 15.3. The van der Waals surface area contributed by atoms with Crippen LogP contribution in [0, 0.1) is 0 Å². The van der Waals surface area contributed by atoms with Crippen molar-refractivity contribution in [2.24, 2.45) is 0 Å². The second-order valence-electron chi connectivity index (χ2n) is 8.08. The summed E-state index contributed by atoms with van der Waals surface area (Å²) in [5.74, 6) is 0.863. The molecule has 5 rings (SSSR count). The van der Waals surface area contributed by atoms with Crippen molar-refractivity contribution in [1.82, 2.24) is 9.38 Å². The summed E-state index contributed by atoms with van der Waals surface area (Å²) < 4.78 is 13.0. The molecular formula is C25H24N2O3. The quantitative estimate of drug-likeness (QED) is 0.529. The first-order chi connectivity index (χ1) is 14.5. The van der Waals surface area contributed by atoms with E-state index in [2.05, 4.69) is 33.8 Å². The van der Waals surface area contributed by atoms with E-state index < -0.39 is 5.60 Å². The zero-order valence-corrected chi connectivity index (χ0v) is 17.1. The van der Waals surface area contributed by atoms with E-state index >= 15 is 0 Å². The highest BCUT2D eigenvalue weighted by molar-refractivity contribution is 5.69. The fourth-order valence-corrected chi connectivity index (χ4v) is 3.78. The first-order valence-electron chi connectivity index (χ1n) is 10.2. The van der Waals surface area contributed by atoms with E-state index in [1.54, 1.807) is 0 Å². The third-order valence-electron chi connectivity index (χ3n) is 5.46. The molecule has 1 fully saturated rings. The Morgan fingerprint density at radius 1 is 0.933 bits per heavy atom. The van der Waals surface area contributed by atoms with Crippen molar-refractivity contribution in [3.63, 3.8) is 0 Å². The fraction of sp³-hybridized carbons (Fsp3) is 0.240. The van der Waals surface area contributed by atoms with Crippen LogP contribution in [0.4, 0.5) is 0 Å². The molecule has 0 unspecified atom stereocenters. The van der Waals surface area contributed by atoms with E-state index in [9.17, 15) is 5.11 Å². The molecule has 0 saturated carbocycles. The minimum absolute atomic E-state index is 0.151. The van der Waals surface area contributed by atoms with Crippen molar-refractivity contribution >= 4 is 5.65 Å². The van der Waals surface area contributed by atoms with Gasteiger partial charge in [0.15, 0.2) is 0 Å². The minimum atomic E-state index is -0.842. The van der Waals surface area contributed by atoms with E-state index in [1.165, 1.54) is 0 Å². The zero-order valence-electron chi connectivity index (χ0n) is 17.1. The summed E-state index contributed by atoms with van der Waals surface area (Å²) in [4.78, 5) is 4.55. The second kappa shape index (κ2) is 7.27. The van der Waals surface area contributed by atoms with E-state index in [4.69, 9.17) is 9.47 Å². The molecule has 0 atom stereocenters. The molecule has 1 aliphatic rings. The Kier molecular flexibility index (Phi) is 4.57. The molecule has 0 spiro atoms. The molecule has 0 bridgehead atoms. The van der Waals surface area contributed by atoms with Crippen LogP contribution >= 0.6 is 0 Å². The van der Waals surface area contributed by atoms with Gasteiger partial charge in [0.2, 0.25) is 0 Å². The number of imidazole rings is 1. The number of hydrogen-bond acceptors (Lipinski definition) is 4. The number of rotatable bonds is 5. The highest BCUT2D eigenvalue weighted by atomic mass is 16.5. The lowest BCUT2D eigenvalue weighted by Crippen LogP contribution is -2.46. The van der Waals surface area contributed by atoms with Crippen molar-refractivity contribution < 1.29 is 14.6 Å². The monoisotopic (exact) mass is 400 g/mol. The highest BCUT2D eigenvalue weighted by Gasteiger charge is 2.37. The first-order valence-corrected chi connectivity index (χ1v) is 10.2. The number of pyridine rings is 1. The smallest absolute Gasteiger partial charge is 0.137 e. The van der Waals surface area contributed by atoms with Crippen molar-refractivity contribution in [2.75, 3.05) is 13.2 Å². The maximum atomic E-state index is 10.4. The van der Waals surface area contributed by atoms with Gasteiger partial charge in [-0.05, 0) is 66.9 Å². The predicted octanol–water partition coefficient (Wildman–Crippen LogP) is 4.67. The van der Waals surface area contributed by atoms with Gasteiger partial charge in [0, 0.05) is 11.8 Å². The second-order valence-corrected chi connectivity index (χ2v) is 8.08. The number of aliphatic hydroxyl groups is 1. The van der Waals surface area contributed by atoms with Crippen molar-refractivity contribution in [1.29, 1.82) is 0 Å². The molecule has 5 nitrogen and oxygen atoms in total. The molecule has 0 amide bonds. The Morgan fingerprint density at radius 2 is 1.60 bits per heavy atom. The molecular weight excluding hydrogens is 376 g/mol. The van der Waals surface area contributed by atoms with Crippen LogP contribution in [0.25, 0.3) is 28.0 Å². The molecule has 0 aliphatic carbocycles. The van der Waals surface area contributed by atoms with E-state index in [-0.39, 0.29) is 6.10 Å². The highest BCUT2D eigenvalue weighted by Crippen LogP contribution is 2.32. The molecule has 4 aromatic rings. The molecule has 30 heavy (non-hydrogen) atoms. The molecule has 1 N–H and O–H groups in total. The van der Waals surface area contributed by atoms with Gasteiger partial charge in [0.25, 0.3) is 0 Å². The van der Waals surface area contributed by atoms with Crippen LogP contribution in [-0.4, -0.2) is 33.8 Å². The van der Waals surface area contributed by atoms with Gasteiger partial charge in [0.05, 0.1) is 31.2 Å². The summed E-state index contributed by atoms with van der Waals surface area (Å²) in [5.41, 5.74) is 5.23. The molecule has 152 valence electrons. The van der Waals surface area contributed by atoms with Gasteiger partial charge in [-0.1, -0.05) is 24.3 Å². The summed E-state index contributed by atoms with van der Waals surface area (Å²) in [6.07, 6.45) is 4.15. The lowest BCUT2D eigenvalue weighted by Gasteiger charge is -2.36. The number of nitrogens with zero attached hydrogens (tertiary/aromatic N) is 2. The maximum Gasteiger partial charge on any atom is 0.137 e. The van der Waals surface area contributed by atoms with Crippen LogP contribution in [0.1, 0.15) is 19.4 Å². The van der Waals surface area contributed by atoms with Gasteiger partial charge in [-0.25, -0.2) is 4.98 Å².